The number of benzene rings is 1. The van der Waals surface area contributed by atoms with Crippen LogP contribution in [0.4, 0.5) is 0 Å². The lowest BCUT2D eigenvalue weighted by Crippen LogP contribution is -1.88. The minimum atomic E-state index is 0.437. The summed E-state index contributed by atoms with van der Waals surface area (Å²) in [7, 11) is 0. The van der Waals surface area contributed by atoms with Crippen molar-refractivity contribution in [3.63, 3.8) is 0 Å². The number of rotatable bonds is 1. The topological polar surface area (TPSA) is 28.7 Å². The number of H-pyrrole nitrogens is 1. The second kappa shape index (κ2) is 2.87. The third-order valence-electron chi connectivity index (χ3n) is 2.16. The van der Waals surface area contributed by atoms with Crippen molar-refractivity contribution < 1.29 is 0 Å². The van der Waals surface area contributed by atoms with Crippen LogP contribution in [-0.4, -0.2) is 9.97 Å². The molecule has 0 aliphatic carbocycles. The molecule has 0 aliphatic rings. The summed E-state index contributed by atoms with van der Waals surface area (Å²) >= 11 is 0. The van der Waals surface area contributed by atoms with Crippen LogP contribution in [-0.2, 0) is 0 Å². The van der Waals surface area contributed by atoms with Crippen LogP contribution < -0.4 is 0 Å². The summed E-state index contributed by atoms with van der Waals surface area (Å²) < 4.78 is 0. The molecule has 0 bridgehead atoms. The number of fused-ring (bicyclic) bond motifs is 1. The van der Waals surface area contributed by atoms with Gasteiger partial charge >= 0.3 is 0 Å². The van der Waals surface area contributed by atoms with E-state index in [4.69, 9.17) is 0 Å². The highest BCUT2D eigenvalue weighted by Crippen LogP contribution is 2.19. The molecule has 2 heteroatoms. The van der Waals surface area contributed by atoms with Crippen molar-refractivity contribution in [1.29, 1.82) is 0 Å². The Hall–Kier alpha value is -1.31. The molecule has 0 atom stereocenters. The van der Waals surface area contributed by atoms with Crippen LogP contribution in [0.25, 0.3) is 11.0 Å². The molecule has 2 rings (SSSR count). The van der Waals surface area contributed by atoms with Gasteiger partial charge in [-0.3, -0.25) is 0 Å². The molecule has 0 saturated heterocycles. The quantitative estimate of drug-likeness (QED) is 0.705. The lowest BCUT2D eigenvalue weighted by atomic mass is 10.2. The predicted octanol–water partition coefficient (Wildman–Crippen LogP) is 2.87. The molecule has 0 fully saturated rings. The monoisotopic (exact) mass is 173 g/mol. The van der Waals surface area contributed by atoms with Gasteiger partial charge in [0.05, 0.1) is 11.0 Å². The van der Waals surface area contributed by atoms with E-state index in [1.54, 1.807) is 0 Å². The van der Waals surface area contributed by atoms with Crippen molar-refractivity contribution in [3.8, 4) is 0 Å². The number of nitrogens with one attached hydrogen (secondary N) is 1. The third kappa shape index (κ3) is 1.32. The van der Waals surface area contributed by atoms with E-state index in [1.807, 2.05) is 18.2 Å². The smallest absolute Gasteiger partial charge is 0.109 e. The number of hydrogen-bond acceptors (Lipinski definition) is 1. The lowest BCUT2D eigenvalue weighted by molar-refractivity contribution is 0.799. The van der Waals surface area contributed by atoms with Crippen LogP contribution in [0.15, 0.2) is 18.2 Å². The zero-order valence-electron chi connectivity index (χ0n) is 7.96. The number of para-hydroxylation sites is 1. The minimum absolute atomic E-state index is 0.437. The van der Waals surface area contributed by atoms with Gasteiger partial charge < -0.3 is 4.98 Å². The second-order valence-corrected chi connectivity index (χ2v) is 3.59. The molecule has 1 aromatic heterocycles. The summed E-state index contributed by atoms with van der Waals surface area (Å²) in [5, 5.41) is 0. The summed E-state index contributed by atoms with van der Waals surface area (Å²) in [5.74, 6) is 1.47. The molecular formula is C11H13N2. The van der Waals surface area contributed by atoms with Crippen LogP contribution in [0, 0.1) is 6.92 Å². The summed E-state index contributed by atoms with van der Waals surface area (Å²) in [6.07, 6.45) is 0. The molecule has 0 amide bonds. The fraction of sp³-hybridized carbons (Fsp3) is 0.273. The lowest BCUT2D eigenvalue weighted by Gasteiger charge is -1.95. The molecule has 1 N–H and O–H groups in total. The highest BCUT2D eigenvalue weighted by atomic mass is 14.9. The van der Waals surface area contributed by atoms with Gasteiger partial charge in [0.15, 0.2) is 0 Å². The fourth-order valence-corrected chi connectivity index (χ4v) is 1.38. The first-order chi connectivity index (χ1) is 6.18. The largest absolute Gasteiger partial charge is 0.342 e. The van der Waals surface area contributed by atoms with E-state index in [0.29, 0.717) is 5.92 Å². The Bertz CT molecular complexity index is 427. The van der Waals surface area contributed by atoms with Crippen LogP contribution in [0.2, 0.25) is 0 Å². The Morgan fingerprint density at radius 2 is 2.15 bits per heavy atom. The molecule has 67 valence electrons. The van der Waals surface area contributed by atoms with Crippen LogP contribution >= 0.6 is 0 Å². The van der Waals surface area contributed by atoms with Crippen LogP contribution in [0.5, 0.6) is 0 Å². The molecule has 1 aromatic carbocycles. The maximum atomic E-state index is 4.49. The summed E-state index contributed by atoms with van der Waals surface area (Å²) in [6, 6.07) is 6.00. The fourth-order valence-electron chi connectivity index (χ4n) is 1.38. The molecule has 0 aliphatic heterocycles. The van der Waals surface area contributed by atoms with Crippen molar-refractivity contribution in [2.75, 3.05) is 0 Å². The number of nitrogens with zero attached hydrogens (tertiary/aromatic N) is 1. The first kappa shape index (κ1) is 8.30. The highest BCUT2D eigenvalue weighted by molar-refractivity contribution is 5.79. The van der Waals surface area contributed by atoms with Crippen molar-refractivity contribution in [3.05, 3.63) is 36.5 Å². The zero-order valence-corrected chi connectivity index (χ0v) is 7.96. The van der Waals surface area contributed by atoms with E-state index in [-0.39, 0.29) is 0 Å². The first-order valence-corrected chi connectivity index (χ1v) is 4.49. The minimum Gasteiger partial charge on any atom is -0.342 e. The van der Waals surface area contributed by atoms with Gasteiger partial charge in [0.2, 0.25) is 0 Å². The standard InChI is InChI=1S/C11H13N2/c1-7(2)11-12-9-6-4-5-8(3)10(9)13-11/h4-7H,3H2,1-2H3,(H,12,13). The predicted molar refractivity (Wildman–Crippen MR) is 54.6 cm³/mol. The van der Waals surface area contributed by atoms with Gasteiger partial charge in [-0.2, -0.15) is 0 Å². The van der Waals surface area contributed by atoms with Crippen molar-refractivity contribution >= 4 is 11.0 Å². The van der Waals surface area contributed by atoms with Crippen LogP contribution in [0.3, 0.4) is 0 Å². The van der Waals surface area contributed by atoms with Gasteiger partial charge in [0, 0.05) is 5.92 Å². The Morgan fingerprint density at radius 3 is 2.77 bits per heavy atom. The molecule has 2 nitrogen and oxygen atoms in total. The van der Waals surface area contributed by atoms with Crippen LogP contribution in [0.1, 0.15) is 31.2 Å². The Labute approximate surface area is 78.0 Å². The number of imidazole rings is 1. The third-order valence-corrected chi connectivity index (χ3v) is 2.16. The van der Waals surface area contributed by atoms with Gasteiger partial charge in [-0.05, 0) is 18.6 Å². The molecule has 1 radical (unpaired) electrons. The molecule has 0 spiro atoms. The van der Waals surface area contributed by atoms with Gasteiger partial charge in [-0.25, -0.2) is 4.98 Å². The second-order valence-electron chi connectivity index (χ2n) is 3.59. The van der Waals surface area contributed by atoms with Crippen molar-refractivity contribution in [2.24, 2.45) is 0 Å². The Kier molecular flexibility index (Phi) is 1.83. The maximum Gasteiger partial charge on any atom is 0.109 e. The summed E-state index contributed by atoms with van der Waals surface area (Å²) in [5.41, 5.74) is 3.06. The Morgan fingerprint density at radius 1 is 1.38 bits per heavy atom. The van der Waals surface area contributed by atoms with E-state index in [2.05, 4.69) is 30.7 Å². The van der Waals surface area contributed by atoms with Gasteiger partial charge in [0.1, 0.15) is 5.82 Å². The van der Waals surface area contributed by atoms with Gasteiger partial charge in [0.25, 0.3) is 0 Å². The molecule has 13 heavy (non-hydrogen) atoms. The maximum absolute atomic E-state index is 4.49. The Balaban J connectivity index is 2.68. The zero-order chi connectivity index (χ0) is 9.42. The SMILES string of the molecule is [CH2]c1cccc2[nH]c(C(C)C)nc12. The van der Waals surface area contributed by atoms with E-state index in [1.165, 1.54) is 0 Å². The summed E-state index contributed by atoms with van der Waals surface area (Å²) in [4.78, 5) is 7.78. The van der Waals surface area contributed by atoms with E-state index in [0.717, 1.165) is 22.4 Å². The molecule has 0 unspecified atom stereocenters. The van der Waals surface area contributed by atoms with Gasteiger partial charge in [-0.1, -0.05) is 26.0 Å². The molecular weight excluding hydrogens is 160 g/mol. The van der Waals surface area contributed by atoms with Crippen molar-refractivity contribution in [1.82, 2.24) is 9.97 Å². The molecule has 0 saturated carbocycles. The number of hydrogen-bond donors (Lipinski definition) is 1. The van der Waals surface area contributed by atoms with E-state index >= 15 is 0 Å². The molecule has 1 heterocycles. The first-order valence-electron chi connectivity index (χ1n) is 4.49. The normalized spacial score (nSPS) is 11.4. The average molecular weight is 173 g/mol. The number of aromatic amines is 1. The van der Waals surface area contributed by atoms with Gasteiger partial charge in [-0.15, -0.1) is 0 Å². The average Bonchev–Trinajstić information content (AvgIpc) is 2.49. The highest BCUT2D eigenvalue weighted by Gasteiger charge is 2.06. The summed E-state index contributed by atoms with van der Waals surface area (Å²) in [6.45, 7) is 8.19. The van der Waals surface area contributed by atoms with E-state index < -0.39 is 0 Å². The number of aromatic nitrogens is 2. The van der Waals surface area contributed by atoms with E-state index in [9.17, 15) is 0 Å². The van der Waals surface area contributed by atoms with Crippen molar-refractivity contribution in [2.45, 2.75) is 19.8 Å². The molecule has 2 aromatic rings.